The van der Waals surface area contributed by atoms with Gasteiger partial charge in [-0.25, -0.2) is 4.79 Å². The second-order valence-corrected chi connectivity index (χ2v) is 5.38. The molecule has 1 aromatic rings. The van der Waals surface area contributed by atoms with Gasteiger partial charge in [-0.05, 0) is 23.8 Å². The topological polar surface area (TPSA) is 60.9 Å². The number of carboxylic acid groups (broad SMARTS) is 1. The van der Waals surface area contributed by atoms with Gasteiger partial charge in [-0.1, -0.05) is 22.0 Å². The number of rotatable bonds is 5. The fourth-order valence-corrected chi connectivity index (χ4v) is 1.98. The molecule has 0 unspecified atom stereocenters. The predicted octanol–water partition coefficient (Wildman–Crippen LogP) is 2.07. The van der Waals surface area contributed by atoms with Crippen molar-refractivity contribution in [2.75, 3.05) is 32.6 Å². The average Bonchev–Trinajstić information content (AvgIpc) is 2.36. The summed E-state index contributed by atoms with van der Waals surface area (Å²) in [5, 5.41) is 8.61. The largest absolute Gasteiger partial charge is 0.478 e. The highest BCUT2D eigenvalue weighted by Gasteiger charge is 2.10. The van der Waals surface area contributed by atoms with Gasteiger partial charge in [-0.3, -0.25) is 4.79 Å². The van der Waals surface area contributed by atoms with Crippen LogP contribution in [-0.2, 0) is 9.59 Å². The third-order valence-corrected chi connectivity index (χ3v) is 3.39. The highest BCUT2D eigenvalue weighted by atomic mass is 79.9. The van der Waals surface area contributed by atoms with Gasteiger partial charge in [0.2, 0.25) is 5.91 Å². The van der Waals surface area contributed by atoms with E-state index in [0.29, 0.717) is 0 Å². The van der Waals surface area contributed by atoms with Crippen molar-refractivity contribution in [1.29, 1.82) is 0 Å². The molecule has 108 valence electrons. The number of carbonyl (C=O) groups is 2. The van der Waals surface area contributed by atoms with E-state index in [1.807, 2.05) is 24.1 Å². The fraction of sp³-hybridized carbons (Fsp3) is 0.286. The molecule has 0 radical (unpaired) electrons. The van der Waals surface area contributed by atoms with E-state index >= 15 is 0 Å². The molecular weight excluding hydrogens is 324 g/mol. The quantitative estimate of drug-likeness (QED) is 0.833. The molecule has 0 saturated heterocycles. The summed E-state index contributed by atoms with van der Waals surface area (Å²) in [7, 11) is 5.26. The normalized spacial score (nSPS) is 10.6. The Balaban J connectivity index is 2.86. The van der Waals surface area contributed by atoms with Gasteiger partial charge < -0.3 is 14.9 Å². The van der Waals surface area contributed by atoms with Gasteiger partial charge in [0, 0.05) is 37.4 Å². The lowest BCUT2D eigenvalue weighted by atomic mass is 10.2. The molecule has 5 nitrogen and oxygen atoms in total. The summed E-state index contributed by atoms with van der Waals surface area (Å²) in [6.45, 7) is 0.281. The van der Waals surface area contributed by atoms with E-state index in [1.54, 1.807) is 20.2 Å². The smallest absolute Gasteiger partial charge is 0.328 e. The third-order valence-electron chi connectivity index (χ3n) is 2.70. The number of amides is 1. The van der Waals surface area contributed by atoms with Crippen molar-refractivity contribution in [2.45, 2.75) is 0 Å². The van der Waals surface area contributed by atoms with Gasteiger partial charge in [0.15, 0.2) is 0 Å². The molecule has 0 heterocycles. The van der Waals surface area contributed by atoms with E-state index in [9.17, 15) is 9.59 Å². The Hall–Kier alpha value is -1.82. The number of carboxylic acids is 1. The second kappa shape index (κ2) is 7.09. The first-order chi connectivity index (χ1) is 9.31. The molecule has 20 heavy (non-hydrogen) atoms. The summed E-state index contributed by atoms with van der Waals surface area (Å²) in [4.78, 5) is 25.5. The van der Waals surface area contributed by atoms with E-state index in [1.165, 1.54) is 11.0 Å². The van der Waals surface area contributed by atoms with Crippen LogP contribution in [0.5, 0.6) is 0 Å². The Kier molecular flexibility index (Phi) is 5.76. The highest BCUT2D eigenvalue weighted by molar-refractivity contribution is 9.10. The van der Waals surface area contributed by atoms with E-state index in [-0.39, 0.29) is 12.5 Å². The van der Waals surface area contributed by atoms with Crippen molar-refractivity contribution in [3.8, 4) is 0 Å². The van der Waals surface area contributed by atoms with Crippen molar-refractivity contribution < 1.29 is 14.7 Å². The average molecular weight is 341 g/mol. The zero-order valence-corrected chi connectivity index (χ0v) is 13.2. The number of aliphatic carboxylic acids is 1. The summed E-state index contributed by atoms with van der Waals surface area (Å²) in [6.07, 6.45) is 2.60. The molecule has 1 amide bonds. The molecule has 1 rings (SSSR count). The molecule has 0 atom stereocenters. The molecule has 1 aromatic carbocycles. The van der Waals surface area contributed by atoms with Crippen LogP contribution < -0.4 is 4.90 Å². The van der Waals surface area contributed by atoms with Crippen molar-refractivity contribution in [2.24, 2.45) is 0 Å². The number of hydrogen-bond acceptors (Lipinski definition) is 3. The Morgan fingerprint density at radius 3 is 2.45 bits per heavy atom. The maximum absolute atomic E-state index is 11.7. The lowest BCUT2D eigenvalue weighted by molar-refractivity contribution is -0.131. The molecule has 1 N–H and O–H groups in total. The van der Waals surface area contributed by atoms with Crippen LogP contribution in [0.1, 0.15) is 5.56 Å². The molecule has 0 spiro atoms. The number of nitrogens with zero attached hydrogens (tertiary/aromatic N) is 2. The molecule has 0 fully saturated rings. The monoisotopic (exact) mass is 340 g/mol. The van der Waals surface area contributed by atoms with E-state index in [4.69, 9.17) is 5.11 Å². The molecule has 0 saturated carbocycles. The van der Waals surface area contributed by atoms with Gasteiger partial charge in [-0.15, -0.1) is 0 Å². The Labute approximate surface area is 126 Å². The molecule has 0 aliphatic carbocycles. The van der Waals surface area contributed by atoms with Crippen LogP contribution in [-0.4, -0.2) is 49.6 Å². The van der Waals surface area contributed by atoms with Gasteiger partial charge in [0.1, 0.15) is 0 Å². The van der Waals surface area contributed by atoms with Crippen molar-refractivity contribution in [3.05, 3.63) is 34.3 Å². The van der Waals surface area contributed by atoms with Crippen molar-refractivity contribution in [3.63, 3.8) is 0 Å². The summed E-state index contributed by atoms with van der Waals surface area (Å²) in [5.41, 5.74) is 1.64. The fourth-order valence-electron chi connectivity index (χ4n) is 1.49. The van der Waals surface area contributed by atoms with Crippen molar-refractivity contribution in [1.82, 2.24) is 4.90 Å². The van der Waals surface area contributed by atoms with Crippen LogP contribution in [0.4, 0.5) is 5.69 Å². The number of benzene rings is 1. The number of likely N-dealkylation sites (N-methyl/N-ethyl adjacent to an activating group) is 2. The second-order valence-electron chi connectivity index (χ2n) is 4.52. The van der Waals surface area contributed by atoms with Crippen molar-refractivity contribution >= 4 is 39.6 Å². The van der Waals surface area contributed by atoms with Crippen LogP contribution in [0.2, 0.25) is 0 Å². The number of anilines is 1. The highest BCUT2D eigenvalue weighted by Crippen LogP contribution is 2.24. The number of halogens is 1. The number of hydrogen-bond donors (Lipinski definition) is 1. The first-order valence-corrected chi connectivity index (χ1v) is 6.72. The molecular formula is C14H17BrN2O3. The standard InChI is InChI=1S/C14H17BrN2O3/c1-16(2)13(18)9-17(3)11-6-4-10(12(15)8-11)5-7-14(19)20/h4-8H,9H2,1-3H3,(H,19,20)/b7-5+. The first kappa shape index (κ1) is 16.2. The minimum Gasteiger partial charge on any atom is -0.478 e. The zero-order chi connectivity index (χ0) is 15.3. The van der Waals surface area contributed by atoms with Crippen LogP contribution in [0.15, 0.2) is 28.7 Å². The third kappa shape index (κ3) is 4.70. The van der Waals surface area contributed by atoms with Crippen LogP contribution >= 0.6 is 15.9 Å². The number of carbonyl (C=O) groups excluding carboxylic acids is 1. The maximum atomic E-state index is 11.7. The summed E-state index contributed by atoms with van der Waals surface area (Å²) >= 11 is 3.39. The Morgan fingerprint density at radius 1 is 1.30 bits per heavy atom. The van der Waals surface area contributed by atoms with Crippen LogP contribution in [0, 0.1) is 0 Å². The molecule has 0 bridgehead atoms. The zero-order valence-electron chi connectivity index (χ0n) is 11.6. The SMILES string of the molecule is CN(C)C(=O)CN(C)c1ccc(/C=C/C(=O)O)c(Br)c1. The Morgan fingerprint density at radius 2 is 1.95 bits per heavy atom. The molecule has 0 aliphatic rings. The van der Waals surface area contributed by atoms with E-state index in [2.05, 4.69) is 15.9 Å². The lowest BCUT2D eigenvalue weighted by Gasteiger charge is -2.21. The minimum atomic E-state index is -0.991. The molecule has 6 heteroatoms. The van der Waals surface area contributed by atoms with Crippen LogP contribution in [0.25, 0.3) is 6.08 Å². The minimum absolute atomic E-state index is 0.0125. The summed E-state index contributed by atoms with van der Waals surface area (Å²) < 4.78 is 0.775. The lowest BCUT2D eigenvalue weighted by Crippen LogP contribution is -2.34. The summed E-state index contributed by atoms with van der Waals surface area (Å²) in [5.74, 6) is -0.979. The molecule has 0 aliphatic heterocycles. The van der Waals surface area contributed by atoms with E-state index in [0.717, 1.165) is 21.8 Å². The first-order valence-electron chi connectivity index (χ1n) is 5.93. The van der Waals surface area contributed by atoms with E-state index < -0.39 is 5.97 Å². The predicted molar refractivity (Wildman–Crippen MR) is 82.8 cm³/mol. The van der Waals surface area contributed by atoms with Crippen LogP contribution in [0.3, 0.4) is 0 Å². The Bertz CT molecular complexity index is 541. The molecule has 0 aromatic heterocycles. The van der Waals surface area contributed by atoms with Gasteiger partial charge in [0.05, 0.1) is 6.54 Å². The summed E-state index contributed by atoms with van der Waals surface area (Å²) in [6, 6.07) is 5.50. The van der Waals surface area contributed by atoms with Gasteiger partial charge in [0.25, 0.3) is 0 Å². The van der Waals surface area contributed by atoms with Gasteiger partial charge >= 0.3 is 5.97 Å². The maximum Gasteiger partial charge on any atom is 0.328 e. The van der Waals surface area contributed by atoms with Gasteiger partial charge in [-0.2, -0.15) is 0 Å².